The topological polar surface area (TPSA) is 75.4 Å². The lowest BCUT2D eigenvalue weighted by Crippen LogP contribution is -2.20. The number of urea groups is 1. The molecule has 6 nitrogen and oxygen atoms in total. The van der Waals surface area contributed by atoms with Crippen LogP contribution in [0.15, 0.2) is 30.3 Å². The fraction of sp³-hybridized carbons (Fsp3) is 0.389. The molecule has 1 aromatic carbocycles. The maximum absolute atomic E-state index is 12.2. The van der Waals surface area contributed by atoms with Crippen LogP contribution in [0.2, 0.25) is 0 Å². The van der Waals surface area contributed by atoms with Gasteiger partial charge >= 0.3 is 6.03 Å². The van der Waals surface area contributed by atoms with Crippen molar-refractivity contribution >= 4 is 17.4 Å². The van der Waals surface area contributed by atoms with E-state index in [1.54, 1.807) is 0 Å². The van der Waals surface area contributed by atoms with Gasteiger partial charge in [0, 0.05) is 16.8 Å². The fourth-order valence-electron chi connectivity index (χ4n) is 2.17. The van der Waals surface area contributed by atoms with Gasteiger partial charge in [0.1, 0.15) is 6.61 Å². The van der Waals surface area contributed by atoms with Crippen molar-refractivity contribution in [1.29, 1.82) is 0 Å². The van der Waals surface area contributed by atoms with E-state index >= 15 is 0 Å². The van der Waals surface area contributed by atoms with Gasteiger partial charge in [-0.1, -0.05) is 38.5 Å². The molecule has 24 heavy (non-hydrogen) atoms. The molecule has 0 saturated heterocycles. The molecule has 0 spiro atoms. The zero-order valence-corrected chi connectivity index (χ0v) is 14.8. The third kappa shape index (κ3) is 4.84. The van der Waals surface area contributed by atoms with E-state index in [1.165, 1.54) is 7.11 Å². The van der Waals surface area contributed by atoms with Gasteiger partial charge in [-0.15, -0.1) is 0 Å². The molecular weight excluding hydrogens is 306 g/mol. The number of benzene rings is 1. The quantitative estimate of drug-likeness (QED) is 0.563. The Morgan fingerprint density at radius 2 is 1.83 bits per heavy atom. The molecule has 0 aliphatic rings. The van der Waals surface area contributed by atoms with Crippen LogP contribution in [-0.4, -0.2) is 18.1 Å². The predicted molar refractivity (Wildman–Crippen MR) is 95.1 cm³/mol. The number of hydrogen-bond donors (Lipinski definition) is 3. The third-order valence-electron chi connectivity index (χ3n) is 3.59. The Morgan fingerprint density at radius 3 is 2.42 bits per heavy atom. The highest BCUT2D eigenvalue weighted by atomic mass is 17.2. The van der Waals surface area contributed by atoms with Crippen molar-refractivity contribution in [2.24, 2.45) is 0 Å². The second-order valence-electron chi connectivity index (χ2n) is 6.70. The summed E-state index contributed by atoms with van der Waals surface area (Å²) in [5.41, 5.74) is 4.22. The molecule has 0 saturated carbocycles. The summed E-state index contributed by atoms with van der Waals surface area (Å²) in [4.78, 5) is 25.2. The summed E-state index contributed by atoms with van der Waals surface area (Å²) >= 11 is 0. The predicted octanol–water partition coefficient (Wildman–Crippen LogP) is 4.34. The molecule has 0 fully saturated rings. The summed E-state index contributed by atoms with van der Waals surface area (Å²) in [6, 6.07) is 9.23. The van der Waals surface area contributed by atoms with E-state index in [9.17, 15) is 4.79 Å². The molecule has 130 valence electrons. The van der Waals surface area contributed by atoms with Crippen LogP contribution in [0.25, 0.3) is 0 Å². The number of aryl methyl sites for hydroxylation is 1. The highest BCUT2D eigenvalue weighted by Gasteiger charge is 2.20. The van der Waals surface area contributed by atoms with Gasteiger partial charge in [0.25, 0.3) is 0 Å². The van der Waals surface area contributed by atoms with Crippen molar-refractivity contribution in [1.82, 2.24) is 4.98 Å². The molecule has 3 N–H and O–H groups in total. The lowest BCUT2D eigenvalue weighted by atomic mass is 9.92. The summed E-state index contributed by atoms with van der Waals surface area (Å²) in [6.45, 7) is 8.49. The van der Waals surface area contributed by atoms with Crippen molar-refractivity contribution in [3.8, 4) is 0 Å². The molecule has 6 heteroatoms. The van der Waals surface area contributed by atoms with Crippen LogP contribution < -0.4 is 10.6 Å². The molecule has 2 rings (SSSR count). The molecule has 0 aliphatic heterocycles. The summed E-state index contributed by atoms with van der Waals surface area (Å²) in [6.07, 6.45) is 0. The van der Waals surface area contributed by atoms with E-state index in [-0.39, 0.29) is 18.1 Å². The first-order valence-electron chi connectivity index (χ1n) is 7.82. The first-order chi connectivity index (χ1) is 11.3. The second-order valence-corrected chi connectivity index (χ2v) is 6.70. The van der Waals surface area contributed by atoms with E-state index in [0.717, 1.165) is 22.6 Å². The summed E-state index contributed by atoms with van der Waals surface area (Å²) in [5, 5.41) is 5.67. The number of amides is 2. The Balaban J connectivity index is 2.12. The minimum Gasteiger partial charge on any atom is -0.358 e. The Labute approximate surface area is 142 Å². The van der Waals surface area contributed by atoms with Gasteiger partial charge in [0.05, 0.1) is 18.5 Å². The first kappa shape index (κ1) is 18.0. The zero-order chi connectivity index (χ0) is 17.7. The number of carbonyl (C=O) groups is 1. The second kappa shape index (κ2) is 7.51. The molecule has 1 heterocycles. The number of rotatable bonds is 5. The zero-order valence-electron chi connectivity index (χ0n) is 14.8. The van der Waals surface area contributed by atoms with Crippen molar-refractivity contribution in [3.63, 3.8) is 0 Å². The number of nitrogens with one attached hydrogen (secondary N) is 3. The Hall–Kier alpha value is -2.31. The summed E-state index contributed by atoms with van der Waals surface area (Å²) in [7, 11) is 1.45. The van der Waals surface area contributed by atoms with Gasteiger partial charge in [-0.25, -0.2) is 14.6 Å². The van der Waals surface area contributed by atoms with Crippen molar-refractivity contribution in [2.45, 2.75) is 39.7 Å². The molecule has 1 aromatic heterocycles. The molecule has 2 amide bonds. The van der Waals surface area contributed by atoms with Crippen LogP contribution in [0, 0.1) is 6.92 Å². The molecule has 0 aliphatic carbocycles. The standard InChI is InChI=1S/C18H25N3O3/c1-12-6-8-13(9-7-12)19-17(22)21-14-10-16(18(2,3)4)20-15(14)11-24-23-5/h6-10,20H,11H2,1-5H3,(H2,19,21,22). The van der Waals surface area contributed by atoms with Crippen molar-refractivity contribution < 1.29 is 14.6 Å². The maximum atomic E-state index is 12.2. The fourth-order valence-corrected chi connectivity index (χ4v) is 2.17. The van der Waals surface area contributed by atoms with Crippen LogP contribution in [-0.2, 0) is 21.8 Å². The molecule has 2 aromatic rings. The Bertz CT molecular complexity index is 685. The first-order valence-corrected chi connectivity index (χ1v) is 7.82. The lowest BCUT2D eigenvalue weighted by molar-refractivity contribution is -0.282. The highest BCUT2D eigenvalue weighted by Crippen LogP contribution is 2.27. The van der Waals surface area contributed by atoms with Crippen LogP contribution in [0.5, 0.6) is 0 Å². The summed E-state index contributed by atoms with van der Waals surface area (Å²) in [5.74, 6) is 0. The third-order valence-corrected chi connectivity index (χ3v) is 3.59. The summed E-state index contributed by atoms with van der Waals surface area (Å²) < 4.78 is 0. The number of carbonyl (C=O) groups excluding carboxylic acids is 1. The van der Waals surface area contributed by atoms with Crippen LogP contribution in [0.4, 0.5) is 16.2 Å². The average molecular weight is 331 g/mol. The van der Waals surface area contributed by atoms with Gasteiger partial charge in [0.2, 0.25) is 0 Å². The van der Waals surface area contributed by atoms with Gasteiger partial charge in [-0.2, -0.15) is 0 Å². The van der Waals surface area contributed by atoms with Gasteiger partial charge in [-0.05, 0) is 25.1 Å². The molecule has 0 radical (unpaired) electrons. The minimum atomic E-state index is -0.308. The lowest BCUT2D eigenvalue weighted by Gasteiger charge is -2.15. The van der Waals surface area contributed by atoms with E-state index in [4.69, 9.17) is 4.89 Å². The smallest absolute Gasteiger partial charge is 0.323 e. The molecule has 0 bridgehead atoms. The number of aromatic amines is 1. The molecule has 0 unspecified atom stereocenters. The van der Waals surface area contributed by atoms with Gasteiger partial charge in [0.15, 0.2) is 0 Å². The van der Waals surface area contributed by atoms with E-state index in [2.05, 4.69) is 41.3 Å². The minimum absolute atomic E-state index is 0.0742. The van der Waals surface area contributed by atoms with E-state index < -0.39 is 0 Å². The SMILES string of the molecule is COOCc1[nH]c(C(C)(C)C)cc1NC(=O)Nc1ccc(C)cc1. The average Bonchev–Trinajstić information content (AvgIpc) is 2.90. The van der Waals surface area contributed by atoms with Gasteiger partial charge < -0.3 is 15.6 Å². The molecule has 0 atom stereocenters. The van der Waals surface area contributed by atoms with Gasteiger partial charge in [-0.3, -0.25) is 0 Å². The maximum Gasteiger partial charge on any atom is 0.323 e. The van der Waals surface area contributed by atoms with E-state index in [0.29, 0.717) is 5.69 Å². The van der Waals surface area contributed by atoms with Crippen molar-refractivity contribution in [3.05, 3.63) is 47.3 Å². The van der Waals surface area contributed by atoms with Crippen LogP contribution in [0.1, 0.15) is 37.7 Å². The van der Waals surface area contributed by atoms with Crippen molar-refractivity contribution in [2.75, 3.05) is 17.7 Å². The number of H-pyrrole nitrogens is 1. The number of anilines is 2. The van der Waals surface area contributed by atoms with Crippen LogP contribution >= 0.6 is 0 Å². The Kier molecular flexibility index (Phi) is 5.64. The molecular formula is C18H25N3O3. The Morgan fingerprint density at radius 1 is 1.17 bits per heavy atom. The normalized spacial score (nSPS) is 11.4. The highest BCUT2D eigenvalue weighted by molar-refractivity contribution is 6.00. The van der Waals surface area contributed by atoms with E-state index in [1.807, 2.05) is 37.3 Å². The number of aromatic nitrogens is 1. The monoisotopic (exact) mass is 331 g/mol. The largest absolute Gasteiger partial charge is 0.358 e. The number of hydrogen-bond acceptors (Lipinski definition) is 3. The van der Waals surface area contributed by atoms with Crippen LogP contribution in [0.3, 0.4) is 0 Å².